The van der Waals surface area contributed by atoms with E-state index < -0.39 is 0 Å². The summed E-state index contributed by atoms with van der Waals surface area (Å²) in [5, 5.41) is 0.621. The van der Waals surface area contributed by atoms with Gasteiger partial charge in [-0.15, -0.1) is 0 Å². The van der Waals surface area contributed by atoms with Crippen molar-refractivity contribution in [3.05, 3.63) is 22.7 Å². The van der Waals surface area contributed by atoms with Crippen molar-refractivity contribution in [2.24, 2.45) is 0 Å². The summed E-state index contributed by atoms with van der Waals surface area (Å²) in [6.07, 6.45) is 4.81. The number of halogens is 1. The van der Waals surface area contributed by atoms with E-state index in [-0.39, 0.29) is 0 Å². The molecule has 1 aliphatic rings. The molecule has 0 N–H and O–H groups in total. The van der Waals surface area contributed by atoms with Crippen molar-refractivity contribution in [1.29, 1.82) is 0 Å². The number of aromatic nitrogens is 2. The van der Waals surface area contributed by atoms with Crippen molar-refractivity contribution in [2.75, 3.05) is 7.11 Å². The average molecular weight is 186 g/mol. The molecule has 2 rings (SSSR count). The molecule has 0 radical (unpaired) electrons. The van der Waals surface area contributed by atoms with Gasteiger partial charge >= 0.3 is 6.33 Å². The molecule has 0 saturated carbocycles. The van der Waals surface area contributed by atoms with Gasteiger partial charge in [-0.25, -0.2) is 0 Å². The fourth-order valence-electron chi connectivity index (χ4n) is 1.60. The second-order valence-corrected chi connectivity index (χ2v) is 3.18. The minimum Gasteiger partial charge on any atom is -0.339 e. The molecule has 3 nitrogen and oxygen atoms in total. The standard InChI is InChI=1S/C8H10ClN2O/c1-12-11-5-10-8(9)6-3-2-4-7(6)11/h5H,2-4H2,1H3/q+1. The van der Waals surface area contributed by atoms with E-state index in [4.69, 9.17) is 16.4 Å². The summed E-state index contributed by atoms with van der Waals surface area (Å²) in [6.45, 7) is 0. The Morgan fingerprint density at radius 3 is 3.17 bits per heavy atom. The molecule has 0 amide bonds. The molecule has 64 valence electrons. The smallest absolute Gasteiger partial charge is 0.327 e. The number of hydrogen-bond donors (Lipinski definition) is 0. The first-order chi connectivity index (χ1) is 5.83. The summed E-state index contributed by atoms with van der Waals surface area (Å²) >= 11 is 5.92. The van der Waals surface area contributed by atoms with Gasteiger partial charge in [0.25, 0.3) is 0 Å². The largest absolute Gasteiger partial charge is 0.339 e. The van der Waals surface area contributed by atoms with E-state index in [0.717, 1.165) is 30.5 Å². The monoisotopic (exact) mass is 185 g/mol. The maximum Gasteiger partial charge on any atom is 0.327 e. The first-order valence-corrected chi connectivity index (χ1v) is 4.33. The maximum absolute atomic E-state index is 5.92. The van der Waals surface area contributed by atoms with Crippen molar-refractivity contribution in [3.8, 4) is 0 Å². The van der Waals surface area contributed by atoms with Crippen molar-refractivity contribution >= 4 is 11.6 Å². The molecule has 0 bridgehead atoms. The second-order valence-electron chi connectivity index (χ2n) is 2.82. The first kappa shape index (κ1) is 7.80. The zero-order valence-corrected chi connectivity index (χ0v) is 7.64. The average Bonchev–Trinajstić information content (AvgIpc) is 2.54. The van der Waals surface area contributed by atoms with Gasteiger partial charge in [-0.05, 0) is 34.2 Å². The molecule has 0 unspecified atom stereocenters. The fraction of sp³-hybridized carbons (Fsp3) is 0.500. The van der Waals surface area contributed by atoms with Crippen LogP contribution in [0, 0.1) is 0 Å². The molecular formula is C8H10ClN2O+. The minimum absolute atomic E-state index is 0.621. The predicted octanol–water partition coefficient (Wildman–Crippen LogP) is 0.570. The van der Waals surface area contributed by atoms with Crippen molar-refractivity contribution in [2.45, 2.75) is 19.3 Å². The summed E-state index contributed by atoms with van der Waals surface area (Å²) in [4.78, 5) is 9.13. The van der Waals surface area contributed by atoms with E-state index in [2.05, 4.69) is 4.98 Å². The normalized spacial score (nSPS) is 14.5. The Balaban J connectivity index is 2.57. The first-order valence-electron chi connectivity index (χ1n) is 3.95. The zero-order valence-electron chi connectivity index (χ0n) is 6.88. The Morgan fingerprint density at radius 2 is 2.42 bits per heavy atom. The lowest BCUT2D eigenvalue weighted by molar-refractivity contribution is -0.892. The van der Waals surface area contributed by atoms with Crippen LogP contribution in [0.2, 0.25) is 5.15 Å². The zero-order chi connectivity index (χ0) is 8.55. The van der Waals surface area contributed by atoms with Crippen LogP contribution >= 0.6 is 11.6 Å². The van der Waals surface area contributed by atoms with Gasteiger partial charge < -0.3 is 4.84 Å². The molecule has 1 heterocycles. The lowest BCUT2D eigenvalue weighted by Crippen LogP contribution is -2.44. The van der Waals surface area contributed by atoms with Gasteiger partial charge in [0.05, 0.1) is 5.56 Å². The van der Waals surface area contributed by atoms with Crippen LogP contribution < -0.4 is 9.57 Å². The lowest BCUT2D eigenvalue weighted by Gasteiger charge is -2.00. The van der Waals surface area contributed by atoms with Crippen LogP contribution in [0.3, 0.4) is 0 Å². The molecule has 1 aliphatic carbocycles. The molecule has 4 heteroatoms. The second kappa shape index (κ2) is 2.90. The highest BCUT2D eigenvalue weighted by atomic mass is 35.5. The summed E-state index contributed by atoms with van der Waals surface area (Å²) in [5.74, 6) is 0. The van der Waals surface area contributed by atoms with Crippen LogP contribution in [0.1, 0.15) is 17.7 Å². The molecule has 1 aromatic heterocycles. The number of hydrogen-bond acceptors (Lipinski definition) is 2. The third kappa shape index (κ3) is 1.05. The Labute approximate surface area is 75.9 Å². The maximum atomic E-state index is 5.92. The van der Waals surface area contributed by atoms with E-state index in [0.29, 0.717) is 5.15 Å². The molecule has 0 aliphatic heterocycles. The summed E-state index contributed by atoms with van der Waals surface area (Å²) < 4.78 is 1.69. The Kier molecular flexibility index (Phi) is 1.89. The van der Waals surface area contributed by atoms with Crippen LogP contribution in [0.15, 0.2) is 6.33 Å². The van der Waals surface area contributed by atoms with E-state index in [1.807, 2.05) is 0 Å². The summed E-state index contributed by atoms with van der Waals surface area (Å²) in [7, 11) is 1.63. The van der Waals surface area contributed by atoms with Gasteiger partial charge in [0.1, 0.15) is 7.11 Å². The van der Waals surface area contributed by atoms with Gasteiger partial charge in [-0.1, -0.05) is 0 Å². The van der Waals surface area contributed by atoms with E-state index in [1.165, 1.54) is 0 Å². The van der Waals surface area contributed by atoms with Crippen LogP contribution in [-0.4, -0.2) is 12.1 Å². The Bertz CT molecular complexity index is 314. The third-order valence-electron chi connectivity index (χ3n) is 2.18. The highest BCUT2D eigenvalue weighted by Crippen LogP contribution is 2.23. The minimum atomic E-state index is 0.621. The fourth-order valence-corrected chi connectivity index (χ4v) is 1.85. The topological polar surface area (TPSA) is 26.0 Å². The molecule has 0 atom stereocenters. The molecule has 0 spiro atoms. The number of nitrogens with zero attached hydrogens (tertiary/aromatic N) is 2. The third-order valence-corrected chi connectivity index (χ3v) is 2.50. The molecule has 0 saturated heterocycles. The molecular weight excluding hydrogens is 176 g/mol. The van der Waals surface area contributed by atoms with Gasteiger partial charge in [-0.2, -0.15) is 0 Å². The molecule has 0 fully saturated rings. The van der Waals surface area contributed by atoms with Crippen molar-refractivity contribution in [3.63, 3.8) is 0 Å². The number of fused-ring (bicyclic) bond motifs is 1. The molecule has 0 aromatic carbocycles. The lowest BCUT2D eigenvalue weighted by atomic mass is 10.3. The SMILES string of the molecule is CO[n+]1cnc(Cl)c2c1CCC2. The van der Waals surface area contributed by atoms with E-state index in [1.54, 1.807) is 18.2 Å². The van der Waals surface area contributed by atoms with Crippen LogP contribution in [0.25, 0.3) is 0 Å². The van der Waals surface area contributed by atoms with E-state index >= 15 is 0 Å². The Morgan fingerprint density at radius 1 is 1.58 bits per heavy atom. The Hall–Kier alpha value is -0.830. The van der Waals surface area contributed by atoms with Gasteiger partial charge in [-0.3, -0.25) is 0 Å². The van der Waals surface area contributed by atoms with Gasteiger partial charge in [0.2, 0.25) is 5.15 Å². The quantitative estimate of drug-likeness (QED) is 0.472. The summed E-state index contributed by atoms with van der Waals surface area (Å²) in [6, 6.07) is 0. The molecule has 12 heavy (non-hydrogen) atoms. The summed E-state index contributed by atoms with van der Waals surface area (Å²) in [5.41, 5.74) is 2.30. The van der Waals surface area contributed by atoms with Gasteiger partial charge in [0, 0.05) is 6.42 Å². The van der Waals surface area contributed by atoms with Crippen LogP contribution in [0.5, 0.6) is 0 Å². The highest BCUT2D eigenvalue weighted by molar-refractivity contribution is 6.30. The highest BCUT2D eigenvalue weighted by Gasteiger charge is 2.25. The number of rotatable bonds is 1. The predicted molar refractivity (Wildman–Crippen MR) is 44.0 cm³/mol. The van der Waals surface area contributed by atoms with Gasteiger partial charge in [0.15, 0.2) is 5.69 Å². The van der Waals surface area contributed by atoms with Crippen LogP contribution in [-0.2, 0) is 12.8 Å². The van der Waals surface area contributed by atoms with E-state index in [9.17, 15) is 0 Å². The van der Waals surface area contributed by atoms with Crippen LogP contribution in [0.4, 0.5) is 0 Å². The van der Waals surface area contributed by atoms with Crippen molar-refractivity contribution < 1.29 is 9.57 Å². The molecule has 1 aromatic rings. The van der Waals surface area contributed by atoms with Crippen molar-refractivity contribution in [1.82, 2.24) is 4.98 Å².